The van der Waals surface area contributed by atoms with Gasteiger partial charge in [-0.05, 0) is 46.8 Å². The molecule has 0 bridgehead atoms. The van der Waals surface area contributed by atoms with Crippen molar-refractivity contribution in [1.82, 2.24) is 0 Å². The van der Waals surface area contributed by atoms with Crippen LogP contribution in [-0.4, -0.2) is 5.11 Å². The van der Waals surface area contributed by atoms with Crippen LogP contribution in [0.3, 0.4) is 0 Å². The lowest BCUT2D eigenvalue weighted by molar-refractivity contribution is 0.301. The minimum atomic E-state index is -0.0909. The van der Waals surface area contributed by atoms with E-state index in [1.165, 1.54) is 37.7 Å². The van der Waals surface area contributed by atoms with Gasteiger partial charge in [-0.25, -0.2) is 0 Å². The number of hydrogen-bond donors (Lipinski definition) is 2. The van der Waals surface area contributed by atoms with Crippen molar-refractivity contribution in [2.24, 2.45) is 11.7 Å². The lowest BCUT2D eigenvalue weighted by atomic mass is 9.75. The summed E-state index contributed by atoms with van der Waals surface area (Å²) in [6.07, 6.45) is 6.23. The van der Waals surface area contributed by atoms with E-state index in [2.05, 4.69) is 53.7 Å². The molecule has 1 aromatic rings. The molecule has 0 saturated heterocycles. The molecule has 138 valence electrons. The van der Waals surface area contributed by atoms with Crippen LogP contribution in [0.1, 0.15) is 96.4 Å². The largest absolute Gasteiger partial charge is 0.507 e. The summed E-state index contributed by atoms with van der Waals surface area (Å²) < 4.78 is 0. The van der Waals surface area contributed by atoms with Crippen LogP contribution in [0.4, 0.5) is 0 Å². The fraction of sp³-hybridized carbons (Fsp3) is 0.714. The van der Waals surface area contributed by atoms with Gasteiger partial charge in [-0.1, -0.05) is 66.9 Å². The van der Waals surface area contributed by atoms with Gasteiger partial charge in [0.15, 0.2) is 0 Å². The van der Waals surface area contributed by atoms with Gasteiger partial charge >= 0.3 is 0 Å². The molecule has 1 aromatic carbocycles. The zero-order valence-corrected chi connectivity index (χ0v) is 17.1. The normalized spacial score (nSPS) is 18.1. The third-order valence-electron chi connectivity index (χ3n) is 5.33. The van der Waals surface area contributed by atoms with Crippen molar-refractivity contribution in [3.8, 4) is 5.75 Å². The predicted molar refractivity (Wildman–Crippen MR) is 106 cm³/mol. The maximum absolute atomic E-state index is 10.9. The van der Waals surface area contributed by atoms with Crippen LogP contribution in [0.15, 0.2) is 12.1 Å². The number of phenolic OH excluding ortho intramolecular Hbond substituents is 1. The van der Waals surface area contributed by atoms with E-state index in [4.69, 9.17) is 5.73 Å². The molecule has 2 rings (SSSR count). The standard InChI is InChI=1S/C21H35NO.ClH/c1-20(2,3)15-12-16(18(22)14-10-8-7-9-11-14)19(23)17(13-15)21(4,5)6;/h12-14,18,23H,7-11,22H2,1-6H3;1H/t18-;/m0./s1. The van der Waals surface area contributed by atoms with Crippen LogP contribution in [0.25, 0.3) is 0 Å². The molecular weight excluding hydrogens is 318 g/mol. The third-order valence-corrected chi connectivity index (χ3v) is 5.33. The molecule has 3 N–H and O–H groups in total. The highest BCUT2D eigenvalue weighted by Gasteiger charge is 2.30. The topological polar surface area (TPSA) is 46.2 Å². The minimum Gasteiger partial charge on any atom is -0.507 e. The van der Waals surface area contributed by atoms with Crippen LogP contribution in [0.5, 0.6) is 5.75 Å². The summed E-state index contributed by atoms with van der Waals surface area (Å²) in [7, 11) is 0. The Morgan fingerprint density at radius 3 is 1.96 bits per heavy atom. The van der Waals surface area contributed by atoms with Crippen LogP contribution >= 0.6 is 12.4 Å². The third kappa shape index (κ3) is 4.67. The maximum atomic E-state index is 10.9. The average Bonchev–Trinajstić information content (AvgIpc) is 2.45. The van der Waals surface area contributed by atoms with Gasteiger partial charge < -0.3 is 10.8 Å². The SMILES string of the molecule is CC(C)(C)c1cc([C@@H](N)C2CCCCC2)c(O)c(C(C)(C)C)c1.Cl. The predicted octanol–water partition coefficient (Wildman–Crippen LogP) is 5.99. The number of nitrogens with two attached hydrogens (primary N) is 1. The highest BCUT2D eigenvalue weighted by Crippen LogP contribution is 2.43. The molecule has 0 aromatic heterocycles. The molecule has 0 amide bonds. The van der Waals surface area contributed by atoms with Crippen molar-refractivity contribution >= 4 is 12.4 Å². The van der Waals surface area contributed by atoms with Gasteiger partial charge in [0.25, 0.3) is 0 Å². The lowest BCUT2D eigenvalue weighted by Crippen LogP contribution is -2.26. The van der Waals surface area contributed by atoms with Crippen molar-refractivity contribution in [2.75, 3.05) is 0 Å². The van der Waals surface area contributed by atoms with Gasteiger partial charge in [-0.15, -0.1) is 12.4 Å². The second-order valence-electron chi connectivity index (χ2n) is 9.39. The summed E-state index contributed by atoms with van der Waals surface area (Å²) in [6.45, 7) is 13.1. The molecule has 0 aliphatic heterocycles. The molecule has 0 radical (unpaired) electrons. The highest BCUT2D eigenvalue weighted by molar-refractivity contribution is 5.85. The van der Waals surface area contributed by atoms with Gasteiger partial charge in [0, 0.05) is 11.6 Å². The second-order valence-corrected chi connectivity index (χ2v) is 9.39. The zero-order chi connectivity index (χ0) is 17.4. The summed E-state index contributed by atoms with van der Waals surface area (Å²) >= 11 is 0. The first-order chi connectivity index (χ1) is 10.5. The van der Waals surface area contributed by atoms with E-state index in [1.807, 2.05) is 0 Å². The summed E-state index contributed by atoms with van der Waals surface area (Å²) in [5.41, 5.74) is 9.83. The van der Waals surface area contributed by atoms with E-state index in [9.17, 15) is 5.11 Å². The number of aromatic hydroxyl groups is 1. The molecule has 1 aliphatic carbocycles. The Balaban J connectivity index is 0.00000288. The Labute approximate surface area is 154 Å². The van der Waals surface area contributed by atoms with Crippen LogP contribution in [-0.2, 0) is 10.8 Å². The Kier molecular flexibility index (Phi) is 6.80. The van der Waals surface area contributed by atoms with E-state index in [1.54, 1.807) is 0 Å². The van der Waals surface area contributed by atoms with Gasteiger partial charge in [0.1, 0.15) is 5.75 Å². The molecular formula is C21H36ClNO. The molecule has 24 heavy (non-hydrogen) atoms. The number of phenols is 1. The van der Waals surface area contributed by atoms with Crippen molar-refractivity contribution in [2.45, 2.75) is 90.5 Å². The minimum absolute atomic E-state index is 0. The summed E-state index contributed by atoms with van der Waals surface area (Å²) in [4.78, 5) is 0. The molecule has 2 nitrogen and oxygen atoms in total. The first kappa shape index (κ1) is 21.3. The molecule has 1 aliphatic rings. The highest BCUT2D eigenvalue weighted by atomic mass is 35.5. The van der Waals surface area contributed by atoms with E-state index in [-0.39, 0.29) is 29.3 Å². The van der Waals surface area contributed by atoms with Crippen LogP contribution in [0, 0.1) is 5.92 Å². The molecule has 0 spiro atoms. The van der Waals surface area contributed by atoms with Gasteiger partial charge in [-0.3, -0.25) is 0 Å². The van der Waals surface area contributed by atoms with E-state index < -0.39 is 0 Å². The molecule has 3 heteroatoms. The molecule has 0 heterocycles. The number of hydrogen-bond acceptors (Lipinski definition) is 2. The Hall–Kier alpha value is -0.730. The molecule has 1 fully saturated rings. The van der Waals surface area contributed by atoms with Crippen molar-refractivity contribution < 1.29 is 5.11 Å². The van der Waals surface area contributed by atoms with Gasteiger partial charge in [0.2, 0.25) is 0 Å². The zero-order valence-electron chi connectivity index (χ0n) is 16.3. The summed E-state index contributed by atoms with van der Waals surface area (Å²) in [5.74, 6) is 0.918. The number of rotatable bonds is 2. The molecule has 0 unspecified atom stereocenters. The Morgan fingerprint density at radius 2 is 1.50 bits per heavy atom. The van der Waals surface area contributed by atoms with E-state index in [0.29, 0.717) is 11.7 Å². The smallest absolute Gasteiger partial charge is 0.124 e. The second kappa shape index (κ2) is 7.66. The van der Waals surface area contributed by atoms with Crippen molar-refractivity contribution in [1.29, 1.82) is 0 Å². The van der Waals surface area contributed by atoms with Crippen LogP contribution in [0.2, 0.25) is 0 Å². The quantitative estimate of drug-likeness (QED) is 0.685. The van der Waals surface area contributed by atoms with Gasteiger partial charge in [0.05, 0.1) is 0 Å². The van der Waals surface area contributed by atoms with E-state index >= 15 is 0 Å². The first-order valence-corrected chi connectivity index (χ1v) is 9.15. The average molecular weight is 354 g/mol. The molecule has 1 atom stereocenters. The van der Waals surface area contributed by atoms with Gasteiger partial charge in [-0.2, -0.15) is 0 Å². The van der Waals surface area contributed by atoms with Crippen molar-refractivity contribution in [3.63, 3.8) is 0 Å². The van der Waals surface area contributed by atoms with E-state index in [0.717, 1.165) is 11.1 Å². The summed E-state index contributed by atoms with van der Waals surface area (Å²) in [5, 5.41) is 10.9. The fourth-order valence-corrected chi connectivity index (χ4v) is 3.66. The molecule has 1 saturated carbocycles. The number of benzene rings is 1. The monoisotopic (exact) mass is 353 g/mol. The first-order valence-electron chi connectivity index (χ1n) is 9.15. The van der Waals surface area contributed by atoms with Crippen molar-refractivity contribution in [3.05, 3.63) is 28.8 Å². The number of halogens is 1. The lowest BCUT2D eigenvalue weighted by Gasteiger charge is -2.32. The Morgan fingerprint density at radius 1 is 0.958 bits per heavy atom. The van der Waals surface area contributed by atoms with Crippen LogP contribution < -0.4 is 5.73 Å². The maximum Gasteiger partial charge on any atom is 0.124 e. The Bertz CT molecular complexity index is 548. The fourth-order valence-electron chi connectivity index (χ4n) is 3.66. The summed E-state index contributed by atoms with van der Waals surface area (Å²) in [6, 6.07) is 4.27.